The lowest BCUT2D eigenvalue weighted by atomic mass is 9.85. The molecule has 0 spiro atoms. The van der Waals surface area contributed by atoms with E-state index in [9.17, 15) is 0 Å². The fraction of sp³-hybridized carbons (Fsp3) is 1.00. The van der Waals surface area contributed by atoms with Crippen LogP contribution in [0.2, 0.25) is 0 Å². The van der Waals surface area contributed by atoms with Gasteiger partial charge in [-0.05, 0) is 44.6 Å². The molecule has 0 radical (unpaired) electrons. The van der Waals surface area contributed by atoms with E-state index >= 15 is 0 Å². The van der Waals surface area contributed by atoms with E-state index in [1.54, 1.807) is 0 Å². The molecule has 0 bridgehead atoms. The summed E-state index contributed by atoms with van der Waals surface area (Å²) >= 11 is 0. The minimum Gasteiger partial charge on any atom is -0.324 e. The molecule has 0 aromatic carbocycles. The summed E-state index contributed by atoms with van der Waals surface area (Å²) in [6.07, 6.45) is 9.83. The Bertz CT molecular complexity index is 222. The molecule has 2 saturated carbocycles. The van der Waals surface area contributed by atoms with Crippen LogP contribution in [0.1, 0.15) is 44.9 Å². The molecule has 1 aliphatic heterocycles. The van der Waals surface area contributed by atoms with E-state index in [1.807, 2.05) is 0 Å². The third-order valence-electron chi connectivity index (χ3n) is 4.54. The van der Waals surface area contributed by atoms with Crippen molar-refractivity contribution >= 4 is 0 Å². The molecule has 2 unspecified atom stereocenters. The zero-order valence-corrected chi connectivity index (χ0v) is 9.04. The van der Waals surface area contributed by atoms with Crippen molar-refractivity contribution in [2.45, 2.75) is 56.5 Å². The van der Waals surface area contributed by atoms with Gasteiger partial charge in [0.05, 0.1) is 0 Å². The maximum absolute atomic E-state index is 6.21. The summed E-state index contributed by atoms with van der Waals surface area (Å²) in [7, 11) is 0. The van der Waals surface area contributed by atoms with Crippen LogP contribution in [0.25, 0.3) is 0 Å². The zero-order chi connectivity index (χ0) is 9.60. The number of nitrogens with zero attached hydrogens (tertiary/aromatic N) is 1. The molecule has 0 aromatic heterocycles. The van der Waals surface area contributed by atoms with Gasteiger partial charge in [0.25, 0.3) is 0 Å². The fourth-order valence-electron chi connectivity index (χ4n) is 3.42. The normalized spacial score (nSPS) is 40.9. The molecule has 3 aliphatic rings. The fourth-order valence-corrected chi connectivity index (χ4v) is 3.42. The van der Waals surface area contributed by atoms with Crippen molar-refractivity contribution in [1.82, 2.24) is 4.90 Å². The molecule has 3 rings (SSSR count). The monoisotopic (exact) mass is 194 g/mol. The van der Waals surface area contributed by atoms with Crippen LogP contribution in [0.5, 0.6) is 0 Å². The topological polar surface area (TPSA) is 29.3 Å². The first-order valence-corrected chi connectivity index (χ1v) is 6.30. The lowest BCUT2D eigenvalue weighted by molar-refractivity contribution is 0.170. The highest BCUT2D eigenvalue weighted by molar-refractivity contribution is 5.03. The molecule has 14 heavy (non-hydrogen) atoms. The van der Waals surface area contributed by atoms with Gasteiger partial charge in [0.15, 0.2) is 0 Å². The van der Waals surface area contributed by atoms with Crippen molar-refractivity contribution in [1.29, 1.82) is 0 Å². The number of likely N-dealkylation sites (tertiary alicyclic amines) is 1. The second-order valence-corrected chi connectivity index (χ2v) is 5.73. The summed E-state index contributed by atoms with van der Waals surface area (Å²) in [5.41, 5.74) is 6.44. The highest BCUT2D eigenvalue weighted by Crippen LogP contribution is 2.40. The van der Waals surface area contributed by atoms with E-state index in [4.69, 9.17) is 5.73 Å². The van der Waals surface area contributed by atoms with E-state index in [1.165, 1.54) is 58.0 Å². The van der Waals surface area contributed by atoms with Crippen LogP contribution in [0.15, 0.2) is 0 Å². The molecule has 3 fully saturated rings. The van der Waals surface area contributed by atoms with E-state index in [2.05, 4.69) is 4.90 Å². The lowest BCUT2D eigenvalue weighted by Gasteiger charge is -2.33. The SMILES string of the molecule is NC1(CN2CCC3CCCCC32)CC1. The van der Waals surface area contributed by atoms with Crippen LogP contribution in [-0.2, 0) is 0 Å². The minimum absolute atomic E-state index is 0.229. The number of hydrogen-bond donors (Lipinski definition) is 1. The molecule has 2 atom stereocenters. The van der Waals surface area contributed by atoms with E-state index < -0.39 is 0 Å². The number of nitrogens with two attached hydrogens (primary N) is 1. The van der Waals surface area contributed by atoms with Crippen LogP contribution in [0, 0.1) is 5.92 Å². The van der Waals surface area contributed by atoms with Gasteiger partial charge in [-0.2, -0.15) is 0 Å². The molecule has 80 valence electrons. The van der Waals surface area contributed by atoms with Crippen LogP contribution in [0.3, 0.4) is 0 Å². The first-order valence-electron chi connectivity index (χ1n) is 6.30. The van der Waals surface area contributed by atoms with E-state index in [0.717, 1.165) is 12.0 Å². The molecule has 2 nitrogen and oxygen atoms in total. The molecule has 2 heteroatoms. The van der Waals surface area contributed by atoms with Gasteiger partial charge in [-0.25, -0.2) is 0 Å². The lowest BCUT2D eigenvalue weighted by Crippen LogP contribution is -2.43. The van der Waals surface area contributed by atoms with Gasteiger partial charge in [-0.1, -0.05) is 12.8 Å². The number of rotatable bonds is 2. The minimum atomic E-state index is 0.229. The maximum Gasteiger partial charge on any atom is 0.0284 e. The standard InChI is InChI=1S/C12H22N2/c13-12(6-7-12)9-14-8-5-10-3-1-2-4-11(10)14/h10-11H,1-9,13H2. The Morgan fingerprint density at radius 2 is 1.93 bits per heavy atom. The highest BCUT2D eigenvalue weighted by atomic mass is 15.2. The molecular weight excluding hydrogens is 172 g/mol. The van der Waals surface area contributed by atoms with Crippen molar-refractivity contribution < 1.29 is 0 Å². The van der Waals surface area contributed by atoms with E-state index in [0.29, 0.717) is 0 Å². The van der Waals surface area contributed by atoms with Crippen molar-refractivity contribution in [3.05, 3.63) is 0 Å². The van der Waals surface area contributed by atoms with Crippen LogP contribution in [-0.4, -0.2) is 29.6 Å². The third-order valence-corrected chi connectivity index (χ3v) is 4.54. The Kier molecular flexibility index (Phi) is 2.10. The van der Waals surface area contributed by atoms with Gasteiger partial charge >= 0.3 is 0 Å². The third kappa shape index (κ3) is 1.59. The molecular formula is C12H22N2. The summed E-state index contributed by atoms with van der Waals surface area (Å²) < 4.78 is 0. The second kappa shape index (κ2) is 3.21. The largest absolute Gasteiger partial charge is 0.324 e. The van der Waals surface area contributed by atoms with Gasteiger partial charge in [-0.3, -0.25) is 4.90 Å². The van der Waals surface area contributed by atoms with Crippen molar-refractivity contribution in [3.8, 4) is 0 Å². The summed E-state index contributed by atoms with van der Waals surface area (Å²) in [6.45, 7) is 2.52. The molecule has 0 aromatic rings. The van der Waals surface area contributed by atoms with Crippen molar-refractivity contribution in [2.75, 3.05) is 13.1 Å². The van der Waals surface area contributed by atoms with Crippen molar-refractivity contribution in [2.24, 2.45) is 11.7 Å². The molecule has 1 saturated heterocycles. The molecule has 0 amide bonds. The average Bonchev–Trinajstić information content (AvgIpc) is 2.77. The maximum atomic E-state index is 6.21. The average molecular weight is 194 g/mol. The molecule has 2 aliphatic carbocycles. The Labute approximate surface area is 86.8 Å². The van der Waals surface area contributed by atoms with Crippen LogP contribution < -0.4 is 5.73 Å². The Morgan fingerprint density at radius 1 is 1.14 bits per heavy atom. The van der Waals surface area contributed by atoms with Gasteiger partial charge in [0.2, 0.25) is 0 Å². The Morgan fingerprint density at radius 3 is 2.71 bits per heavy atom. The first-order chi connectivity index (χ1) is 6.77. The van der Waals surface area contributed by atoms with Crippen LogP contribution in [0.4, 0.5) is 0 Å². The second-order valence-electron chi connectivity index (χ2n) is 5.73. The predicted molar refractivity (Wildman–Crippen MR) is 58.1 cm³/mol. The summed E-state index contributed by atoms with van der Waals surface area (Å²) in [6, 6.07) is 0.907. The van der Waals surface area contributed by atoms with Gasteiger partial charge < -0.3 is 5.73 Å². The number of fused-ring (bicyclic) bond motifs is 1. The summed E-state index contributed by atoms with van der Waals surface area (Å²) in [4.78, 5) is 2.71. The molecule has 2 N–H and O–H groups in total. The summed E-state index contributed by atoms with van der Waals surface area (Å²) in [5, 5.41) is 0. The highest BCUT2D eigenvalue weighted by Gasteiger charge is 2.44. The van der Waals surface area contributed by atoms with Crippen LogP contribution >= 0.6 is 0 Å². The first kappa shape index (κ1) is 9.17. The predicted octanol–water partition coefficient (Wildman–Crippen LogP) is 1.74. The zero-order valence-electron chi connectivity index (χ0n) is 9.04. The van der Waals surface area contributed by atoms with Gasteiger partial charge in [0, 0.05) is 18.1 Å². The smallest absolute Gasteiger partial charge is 0.0284 e. The van der Waals surface area contributed by atoms with Crippen molar-refractivity contribution in [3.63, 3.8) is 0 Å². The Balaban J connectivity index is 1.63. The van der Waals surface area contributed by atoms with Gasteiger partial charge in [-0.15, -0.1) is 0 Å². The van der Waals surface area contributed by atoms with E-state index in [-0.39, 0.29) is 5.54 Å². The Hall–Kier alpha value is -0.0800. The molecule has 1 heterocycles. The summed E-state index contributed by atoms with van der Waals surface area (Å²) in [5.74, 6) is 1.02. The quantitative estimate of drug-likeness (QED) is 0.725. The number of hydrogen-bond acceptors (Lipinski definition) is 2. The van der Waals surface area contributed by atoms with Gasteiger partial charge in [0.1, 0.15) is 0 Å².